The summed E-state index contributed by atoms with van der Waals surface area (Å²) in [6.45, 7) is 1.59. The molecule has 0 aliphatic rings. The van der Waals surface area contributed by atoms with E-state index in [-0.39, 0.29) is 0 Å². The van der Waals surface area contributed by atoms with E-state index in [0.29, 0.717) is 5.89 Å². The zero-order chi connectivity index (χ0) is 5.28. The molecule has 0 atom stereocenters. The van der Waals surface area contributed by atoms with Crippen LogP contribution in [0, 0.1) is 12.9 Å². The Balaban J connectivity index is 3.04. The molecule has 1 aromatic rings. The van der Waals surface area contributed by atoms with Crippen molar-refractivity contribution >= 4 is 0 Å². The van der Waals surface area contributed by atoms with Gasteiger partial charge >= 0.3 is 0 Å². The van der Waals surface area contributed by atoms with Crippen molar-refractivity contribution in [3.63, 3.8) is 0 Å². The molecule has 0 unspecified atom stereocenters. The minimum atomic E-state index is -0.627. The summed E-state index contributed by atoms with van der Waals surface area (Å²) in [7, 11) is 0. The topological polar surface area (TPSA) is 26.0 Å². The molecule has 0 fully saturated rings. The third kappa shape index (κ3) is 0.765. The third-order valence-electron chi connectivity index (χ3n) is 0.593. The Morgan fingerprint density at radius 3 is 2.71 bits per heavy atom. The molecular formula is C4H4FNO. The van der Waals surface area contributed by atoms with Gasteiger partial charge in [-0.2, -0.15) is 4.39 Å². The number of nitrogens with zero attached hydrogens (tertiary/aromatic N) is 1. The molecule has 38 valence electrons. The molecule has 0 saturated heterocycles. The Kier molecular flexibility index (Phi) is 0.817. The molecule has 0 aliphatic carbocycles. The molecule has 0 bridgehead atoms. The average molecular weight is 101 g/mol. The van der Waals surface area contributed by atoms with Crippen molar-refractivity contribution in [2.24, 2.45) is 0 Å². The van der Waals surface area contributed by atoms with Gasteiger partial charge in [0.05, 0.1) is 0 Å². The quantitative estimate of drug-likeness (QED) is 0.489. The second-order valence-corrected chi connectivity index (χ2v) is 1.18. The molecule has 0 amide bonds. The van der Waals surface area contributed by atoms with E-state index in [9.17, 15) is 4.39 Å². The third-order valence-corrected chi connectivity index (χ3v) is 0.593. The number of oxazole rings is 1. The van der Waals surface area contributed by atoms with Gasteiger partial charge in [-0.25, -0.2) is 4.98 Å². The lowest BCUT2D eigenvalue weighted by molar-refractivity contribution is 0.343. The first-order valence-electron chi connectivity index (χ1n) is 1.87. The molecule has 0 radical (unpaired) electrons. The van der Waals surface area contributed by atoms with Gasteiger partial charge in [-0.1, -0.05) is 0 Å². The Morgan fingerprint density at radius 1 is 1.86 bits per heavy atom. The second kappa shape index (κ2) is 1.33. The van der Waals surface area contributed by atoms with Crippen LogP contribution in [-0.2, 0) is 0 Å². The number of aryl methyl sites for hydroxylation is 1. The summed E-state index contributed by atoms with van der Waals surface area (Å²) in [5.41, 5.74) is 0. The summed E-state index contributed by atoms with van der Waals surface area (Å²) in [4.78, 5) is 3.47. The fraction of sp³-hybridized carbons (Fsp3) is 0.250. The van der Waals surface area contributed by atoms with Gasteiger partial charge in [0.15, 0.2) is 5.89 Å². The van der Waals surface area contributed by atoms with Gasteiger partial charge in [-0.05, 0) is 0 Å². The maximum atomic E-state index is 11.7. The number of hydrogen-bond acceptors (Lipinski definition) is 2. The molecule has 3 heteroatoms. The summed E-state index contributed by atoms with van der Waals surface area (Å²) in [6.07, 6.45) is 1.04. The maximum Gasteiger partial charge on any atom is 0.298 e. The molecule has 1 rings (SSSR count). The predicted molar refractivity (Wildman–Crippen MR) is 21.2 cm³/mol. The van der Waals surface area contributed by atoms with E-state index in [1.165, 1.54) is 0 Å². The van der Waals surface area contributed by atoms with Crippen molar-refractivity contribution < 1.29 is 8.81 Å². The van der Waals surface area contributed by atoms with E-state index in [0.717, 1.165) is 6.20 Å². The fourth-order valence-electron chi connectivity index (χ4n) is 0.335. The van der Waals surface area contributed by atoms with Gasteiger partial charge in [0.25, 0.3) is 6.01 Å². The first kappa shape index (κ1) is 4.30. The molecule has 1 heterocycles. The van der Waals surface area contributed by atoms with Crippen LogP contribution in [0.5, 0.6) is 0 Å². The zero-order valence-corrected chi connectivity index (χ0v) is 3.81. The average Bonchev–Trinajstić information content (AvgIpc) is 1.87. The van der Waals surface area contributed by atoms with Crippen molar-refractivity contribution in [2.75, 3.05) is 0 Å². The van der Waals surface area contributed by atoms with Gasteiger partial charge < -0.3 is 4.42 Å². The van der Waals surface area contributed by atoms with Crippen LogP contribution in [0.25, 0.3) is 0 Å². The number of halogens is 1. The predicted octanol–water partition coefficient (Wildman–Crippen LogP) is 1.12. The van der Waals surface area contributed by atoms with E-state index in [1.54, 1.807) is 6.92 Å². The molecule has 0 aliphatic heterocycles. The standard InChI is InChI=1S/C4H4FNO/c1-3-6-2-4(5)7-3/h2H,1H3. The van der Waals surface area contributed by atoms with E-state index in [1.807, 2.05) is 0 Å². The van der Waals surface area contributed by atoms with Crippen molar-refractivity contribution in [3.8, 4) is 0 Å². The highest BCUT2D eigenvalue weighted by Gasteiger charge is 1.91. The molecule has 0 spiro atoms. The summed E-state index contributed by atoms with van der Waals surface area (Å²) in [6, 6.07) is -0.627. The second-order valence-electron chi connectivity index (χ2n) is 1.18. The molecule has 2 nitrogen and oxygen atoms in total. The minimum Gasteiger partial charge on any atom is -0.416 e. The Morgan fingerprint density at radius 2 is 2.57 bits per heavy atom. The first-order valence-corrected chi connectivity index (χ1v) is 1.87. The maximum absolute atomic E-state index is 11.7. The minimum absolute atomic E-state index is 0.359. The number of rotatable bonds is 0. The lowest BCUT2D eigenvalue weighted by Crippen LogP contribution is -1.59. The van der Waals surface area contributed by atoms with Crippen molar-refractivity contribution in [3.05, 3.63) is 18.1 Å². The largest absolute Gasteiger partial charge is 0.416 e. The summed E-state index contributed by atoms with van der Waals surface area (Å²) >= 11 is 0. The van der Waals surface area contributed by atoms with Crippen LogP contribution >= 0.6 is 0 Å². The lowest BCUT2D eigenvalue weighted by atomic mass is 10.8. The highest BCUT2D eigenvalue weighted by Crippen LogP contribution is 1.96. The summed E-state index contributed by atoms with van der Waals surface area (Å²) in [5.74, 6) is 0.359. The highest BCUT2D eigenvalue weighted by molar-refractivity contribution is 4.75. The van der Waals surface area contributed by atoms with Gasteiger partial charge in [0, 0.05) is 6.92 Å². The van der Waals surface area contributed by atoms with Crippen molar-refractivity contribution in [2.45, 2.75) is 6.92 Å². The number of hydrogen-bond donors (Lipinski definition) is 0. The van der Waals surface area contributed by atoms with Crippen LogP contribution in [0.4, 0.5) is 4.39 Å². The first-order chi connectivity index (χ1) is 3.29. The lowest BCUT2D eigenvalue weighted by Gasteiger charge is -1.70. The van der Waals surface area contributed by atoms with E-state index in [4.69, 9.17) is 0 Å². The van der Waals surface area contributed by atoms with E-state index >= 15 is 0 Å². The Bertz CT molecular complexity index is 144. The Labute approximate surface area is 40.0 Å². The Hall–Kier alpha value is -0.860. The van der Waals surface area contributed by atoms with Crippen LogP contribution < -0.4 is 0 Å². The van der Waals surface area contributed by atoms with Crippen molar-refractivity contribution in [1.82, 2.24) is 4.98 Å². The van der Waals surface area contributed by atoms with Gasteiger partial charge in [0.1, 0.15) is 6.20 Å². The molecule has 0 saturated carbocycles. The van der Waals surface area contributed by atoms with E-state index in [2.05, 4.69) is 9.40 Å². The smallest absolute Gasteiger partial charge is 0.298 e. The van der Waals surface area contributed by atoms with Crippen LogP contribution in [0.2, 0.25) is 0 Å². The molecule has 0 N–H and O–H groups in total. The van der Waals surface area contributed by atoms with Gasteiger partial charge in [0.2, 0.25) is 0 Å². The highest BCUT2D eigenvalue weighted by atomic mass is 19.1. The van der Waals surface area contributed by atoms with Gasteiger partial charge in [-0.3, -0.25) is 0 Å². The monoisotopic (exact) mass is 101 g/mol. The number of aromatic nitrogens is 1. The molecule has 0 aromatic carbocycles. The fourth-order valence-corrected chi connectivity index (χ4v) is 0.335. The molecule has 7 heavy (non-hydrogen) atoms. The summed E-state index contributed by atoms with van der Waals surface area (Å²) < 4.78 is 16.0. The van der Waals surface area contributed by atoms with Crippen LogP contribution in [0.1, 0.15) is 5.89 Å². The normalized spacial score (nSPS) is 9.43. The molecular weight excluding hydrogens is 97.0 g/mol. The van der Waals surface area contributed by atoms with Crippen LogP contribution in [0.3, 0.4) is 0 Å². The van der Waals surface area contributed by atoms with Crippen LogP contribution in [0.15, 0.2) is 10.6 Å². The van der Waals surface area contributed by atoms with Gasteiger partial charge in [-0.15, -0.1) is 0 Å². The zero-order valence-electron chi connectivity index (χ0n) is 3.81. The van der Waals surface area contributed by atoms with Crippen molar-refractivity contribution in [1.29, 1.82) is 0 Å². The summed E-state index contributed by atoms with van der Waals surface area (Å²) in [5, 5.41) is 0. The molecule has 1 aromatic heterocycles. The van der Waals surface area contributed by atoms with E-state index < -0.39 is 6.01 Å². The SMILES string of the molecule is Cc1ncc(F)o1. The van der Waals surface area contributed by atoms with Crippen LogP contribution in [-0.4, -0.2) is 4.98 Å².